The number of rotatable bonds is 3. The van der Waals surface area contributed by atoms with E-state index in [1.165, 1.54) is 23.4 Å². The van der Waals surface area contributed by atoms with Gasteiger partial charge in [0.2, 0.25) is 0 Å². The molecule has 0 aliphatic carbocycles. The minimum absolute atomic E-state index is 0.337. The van der Waals surface area contributed by atoms with Crippen LogP contribution < -0.4 is 11.2 Å². The molecule has 0 bridgehead atoms. The van der Waals surface area contributed by atoms with Gasteiger partial charge in [-0.15, -0.1) is 0 Å². The second-order valence-corrected chi connectivity index (χ2v) is 6.63. The number of fused-ring (bicyclic) bond motifs is 1. The van der Waals surface area contributed by atoms with Crippen LogP contribution in [0.4, 0.5) is 0 Å². The summed E-state index contributed by atoms with van der Waals surface area (Å²) in [7, 11) is 4.87. The number of benzene rings is 1. The predicted octanol–water partition coefficient (Wildman–Crippen LogP) is 1.92. The van der Waals surface area contributed by atoms with E-state index in [-0.39, 0.29) is 11.2 Å². The second-order valence-electron chi connectivity index (χ2n) is 5.25. The van der Waals surface area contributed by atoms with Crippen LogP contribution in [0.2, 0.25) is 5.02 Å². The largest absolute Gasteiger partial charge is 0.332 e. The van der Waals surface area contributed by atoms with Gasteiger partial charge < -0.3 is 4.57 Å². The number of hydrogen-bond acceptors (Lipinski definition) is 4. The maximum atomic E-state index is 12.3. The zero-order valence-electron chi connectivity index (χ0n) is 12.9. The van der Waals surface area contributed by atoms with Crippen molar-refractivity contribution in [3.05, 3.63) is 55.7 Å². The van der Waals surface area contributed by atoms with E-state index in [1.807, 2.05) is 24.3 Å². The van der Waals surface area contributed by atoms with Gasteiger partial charge in [0.25, 0.3) is 5.56 Å². The first-order chi connectivity index (χ1) is 10.9. The van der Waals surface area contributed by atoms with Gasteiger partial charge >= 0.3 is 5.69 Å². The standard InChI is InChI=1S/C15H15ClN4O2S/c1-18-11-12(19(2)15(22)20(3)13(11)21)17-14(18)23-8-9-4-6-10(16)7-5-9/h4-7H,8H2,1-3H3. The van der Waals surface area contributed by atoms with Crippen LogP contribution in [0.15, 0.2) is 39.0 Å². The van der Waals surface area contributed by atoms with E-state index >= 15 is 0 Å². The zero-order valence-corrected chi connectivity index (χ0v) is 14.5. The van der Waals surface area contributed by atoms with Crippen LogP contribution in [0, 0.1) is 0 Å². The first-order valence-electron chi connectivity index (χ1n) is 6.90. The van der Waals surface area contributed by atoms with Gasteiger partial charge in [-0.05, 0) is 17.7 Å². The highest BCUT2D eigenvalue weighted by Gasteiger charge is 2.17. The van der Waals surface area contributed by atoms with Crippen LogP contribution in [0.3, 0.4) is 0 Å². The lowest BCUT2D eigenvalue weighted by Gasteiger charge is -2.04. The normalized spacial score (nSPS) is 11.3. The Morgan fingerprint density at radius 3 is 2.35 bits per heavy atom. The predicted molar refractivity (Wildman–Crippen MR) is 92.2 cm³/mol. The van der Waals surface area contributed by atoms with E-state index in [9.17, 15) is 9.59 Å². The molecule has 2 heterocycles. The molecule has 0 saturated carbocycles. The van der Waals surface area contributed by atoms with Crippen LogP contribution in [0.25, 0.3) is 11.2 Å². The van der Waals surface area contributed by atoms with Crippen molar-refractivity contribution in [1.82, 2.24) is 18.7 Å². The van der Waals surface area contributed by atoms with Gasteiger partial charge in [-0.1, -0.05) is 35.5 Å². The Labute approximate surface area is 141 Å². The molecular formula is C15H15ClN4O2S. The monoisotopic (exact) mass is 350 g/mol. The molecule has 3 aromatic rings. The van der Waals surface area contributed by atoms with Crippen LogP contribution in [0.1, 0.15) is 5.56 Å². The van der Waals surface area contributed by atoms with Crippen molar-refractivity contribution >= 4 is 34.5 Å². The minimum atomic E-state index is -0.380. The maximum Gasteiger partial charge on any atom is 0.332 e. The van der Waals surface area contributed by atoms with Crippen molar-refractivity contribution < 1.29 is 0 Å². The first-order valence-corrected chi connectivity index (χ1v) is 8.26. The molecule has 23 heavy (non-hydrogen) atoms. The van der Waals surface area contributed by atoms with Gasteiger partial charge in [-0.2, -0.15) is 0 Å². The lowest BCUT2D eigenvalue weighted by Crippen LogP contribution is -2.37. The van der Waals surface area contributed by atoms with Gasteiger partial charge in [0, 0.05) is 31.9 Å². The third-order valence-electron chi connectivity index (χ3n) is 3.72. The molecule has 0 saturated heterocycles. The quantitative estimate of drug-likeness (QED) is 0.677. The summed E-state index contributed by atoms with van der Waals surface area (Å²) >= 11 is 7.39. The van der Waals surface area contributed by atoms with Crippen molar-refractivity contribution in [2.75, 3.05) is 0 Å². The second kappa shape index (κ2) is 5.90. The summed E-state index contributed by atoms with van der Waals surface area (Å²) in [6.45, 7) is 0. The Morgan fingerprint density at radius 1 is 1.04 bits per heavy atom. The van der Waals surface area contributed by atoms with Gasteiger partial charge in [0.15, 0.2) is 16.3 Å². The number of thioether (sulfide) groups is 1. The highest BCUT2D eigenvalue weighted by atomic mass is 35.5. The Hall–Kier alpha value is -1.99. The van der Waals surface area contributed by atoms with Crippen LogP contribution >= 0.6 is 23.4 Å². The Morgan fingerprint density at radius 2 is 1.70 bits per heavy atom. The van der Waals surface area contributed by atoms with Gasteiger partial charge in [-0.3, -0.25) is 13.9 Å². The molecule has 0 radical (unpaired) electrons. The number of hydrogen-bond donors (Lipinski definition) is 0. The average molecular weight is 351 g/mol. The lowest BCUT2D eigenvalue weighted by atomic mass is 10.2. The Bertz CT molecular complexity index is 1000. The Balaban J connectivity index is 2.02. The van der Waals surface area contributed by atoms with Gasteiger partial charge in [-0.25, -0.2) is 9.78 Å². The van der Waals surface area contributed by atoms with Crippen LogP contribution in [0.5, 0.6) is 0 Å². The highest BCUT2D eigenvalue weighted by molar-refractivity contribution is 7.98. The Kier molecular flexibility index (Phi) is 4.08. The summed E-state index contributed by atoms with van der Waals surface area (Å²) in [5.41, 5.74) is 1.21. The number of nitrogens with zero attached hydrogens (tertiary/aromatic N) is 4. The summed E-state index contributed by atoms with van der Waals surface area (Å²) in [5, 5.41) is 1.38. The molecule has 0 aliphatic heterocycles. The summed E-state index contributed by atoms with van der Waals surface area (Å²) < 4.78 is 4.22. The third-order valence-corrected chi connectivity index (χ3v) is 5.07. The molecule has 6 nitrogen and oxygen atoms in total. The van der Waals surface area contributed by atoms with E-state index in [0.29, 0.717) is 27.1 Å². The molecule has 8 heteroatoms. The van der Waals surface area contributed by atoms with Gasteiger partial charge in [0.1, 0.15) is 0 Å². The van der Waals surface area contributed by atoms with Crippen LogP contribution in [-0.4, -0.2) is 18.7 Å². The van der Waals surface area contributed by atoms with Gasteiger partial charge in [0.05, 0.1) is 0 Å². The molecule has 0 aliphatic rings. The minimum Gasteiger partial charge on any atom is -0.316 e. The summed E-state index contributed by atoms with van der Waals surface area (Å²) in [4.78, 5) is 28.8. The molecule has 0 atom stereocenters. The number of halogens is 1. The van der Waals surface area contributed by atoms with Crippen molar-refractivity contribution in [3.63, 3.8) is 0 Å². The molecule has 0 fully saturated rings. The highest BCUT2D eigenvalue weighted by Crippen LogP contribution is 2.24. The molecule has 0 amide bonds. The summed E-state index contributed by atoms with van der Waals surface area (Å²) in [6, 6.07) is 7.58. The average Bonchev–Trinajstić information content (AvgIpc) is 2.87. The summed E-state index contributed by atoms with van der Waals surface area (Å²) in [6.07, 6.45) is 0. The van der Waals surface area contributed by atoms with Crippen molar-refractivity contribution in [3.8, 4) is 0 Å². The van der Waals surface area contributed by atoms with Crippen LogP contribution in [-0.2, 0) is 26.9 Å². The third kappa shape index (κ3) is 2.70. The molecular weight excluding hydrogens is 336 g/mol. The fourth-order valence-electron chi connectivity index (χ4n) is 2.36. The lowest BCUT2D eigenvalue weighted by molar-refractivity contribution is 0.705. The topological polar surface area (TPSA) is 61.8 Å². The molecule has 2 aromatic heterocycles. The van der Waals surface area contributed by atoms with Crippen molar-refractivity contribution in [2.45, 2.75) is 10.9 Å². The molecule has 1 aromatic carbocycles. The fraction of sp³-hybridized carbons (Fsp3) is 0.267. The first kappa shape index (κ1) is 15.9. The van der Waals surface area contributed by atoms with E-state index < -0.39 is 0 Å². The molecule has 120 valence electrons. The smallest absolute Gasteiger partial charge is 0.316 e. The molecule has 0 unspecified atom stereocenters. The van der Waals surface area contributed by atoms with Crippen molar-refractivity contribution in [2.24, 2.45) is 21.1 Å². The van der Waals surface area contributed by atoms with E-state index in [2.05, 4.69) is 4.98 Å². The fourth-order valence-corrected chi connectivity index (χ4v) is 3.41. The SMILES string of the molecule is Cn1c(=O)c2c(nc(SCc3ccc(Cl)cc3)n2C)n(C)c1=O. The molecule has 0 N–H and O–H groups in total. The number of aromatic nitrogens is 4. The van der Waals surface area contributed by atoms with E-state index in [1.54, 1.807) is 18.7 Å². The molecule has 0 spiro atoms. The van der Waals surface area contributed by atoms with E-state index in [4.69, 9.17) is 11.6 Å². The number of imidazole rings is 1. The van der Waals surface area contributed by atoms with E-state index in [0.717, 1.165) is 10.1 Å². The summed E-state index contributed by atoms with van der Waals surface area (Å²) in [5.74, 6) is 0.697. The van der Waals surface area contributed by atoms with Crippen molar-refractivity contribution in [1.29, 1.82) is 0 Å². The maximum absolute atomic E-state index is 12.3. The molecule has 3 rings (SSSR count). The number of aryl methyl sites for hydroxylation is 2. The zero-order chi connectivity index (χ0) is 16.7.